The number of aliphatic hydroxyl groups is 1. The predicted molar refractivity (Wildman–Crippen MR) is 169 cm³/mol. The average Bonchev–Trinajstić information content (AvgIpc) is 3.03. The molecule has 0 fully saturated rings. The third kappa shape index (κ3) is 11.4. The first-order valence-corrected chi connectivity index (χ1v) is 14.6. The lowest BCUT2D eigenvalue weighted by Gasteiger charge is -2.24. The van der Waals surface area contributed by atoms with Gasteiger partial charge in [-0.1, -0.05) is 103 Å². The fourth-order valence-electron chi connectivity index (χ4n) is 4.88. The van der Waals surface area contributed by atoms with Crippen molar-refractivity contribution < 1.29 is 24.2 Å². The van der Waals surface area contributed by atoms with Crippen LogP contribution in [0.5, 0.6) is 0 Å². The molecule has 3 rings (SSSR count). The molecule has 0 saturated heterocycles. The molecule has 0 spiro atoms. The summed E-state index contributed by atoms with van der Waals surface area (Å²) in [4.78, 5) is 39.9. The van der Waals surface area contributed by atoms with E-state index in [4.69, 9.17) is 4.74 Å². The van der Waals surface area contributed by atoms with Crippen LogP contribution in [0.2, 0.25) is 0 Å². The number of carbonyl (C=O) groups is 3. The van der Waals surface area contributed by atoms with Gasteiger partial charge in [0.2, 0.25) is 11.8 Å². The van der Waals surface area contributed by atoms with Crippen LogP contribution in [0.1, 0.15) is 29.5 Å². The van der Waals surface area contributed by atoms with Gasteiger partial charge >= 0.3 is 5.97 Å². The number of carbonyl (C=O) groups excluding carboxylic acids is 3. The molecule has 3 aromatic carbocycles. The molecule has 4 atom stereocenters. The van der Waals surface area contributed by atoms with Gasteiger partial charge in [-0.2, -0.15) is 0 Å². The summed E-state index contributed by atoms with van der Waals surface area (Å²) >= 11 is 0. The van der Waals surface area contributed by atoms with Gasteiger partial charge in [-0.25, -0.2) is 0 Å². The zero-order valence-electron chi connectivity index (χ0n) is 24.6. The Labute approximate surface area is 254 Å². The number of allylic oxidation sites excluding steroid dienone is 2. The molecule has 2 amide bonds. The summed E-state index contributed by atoms with van der Waals surface area (Å²) in [5.41, 5.74) is 2.93. The Kier molecular flexibility index (Phi) is 13.9. The first-order chi connectivity index (χ1) is 20.9. The zero-order valence-corrected chi connectivity index (χ0v) is 24.6. The van der Waals surface area contributed by atoms with Gasteiger partial charge in [0.05, 0.1) is 24.6 Å². The second-order valence-corrected chi connectivity index (χ2v) is 10.6. The lowest BCUT2D eigenvalue weighted by molar-refractivity contribution is -0.150. The van der Waals surface area contributed by atoms with Crippen LogP contribution in [0.4, 0.5) is 0 Å². The van der Waals surface area contributed by atoms with E-state index in [1.807, 2.05) is 91.0 Å². The number of amides is 2. The van der Waals surface area contributed by atoms with E-state index in [9.17, 15) is 19.5 Å². The summed E-state index contributed by atoms with van der Waals surface area (Å²) in [6.45, 7) is 7.18. The first-order valence-electron chi connectivity index (χ1n) is 14.6. The van der Waals surface area contributed by atoms with Crippen LogP contribution in [-0.2, 0) is 38.4 Å². The van der Waals surface area contributed by atoms with Crippen molar-refractivity contribution in [3.8, 4) is 0 Å². The van der Waals surface area contributed by atoms with E-state index in [0.717, 1.165) is 16.7 Å². The predicted octanol–water partition coefficient (Wildman–Crippen LogP) is 4.60. The Balaban J connectivity index is 1.69. The highest BCUT2D eigenvalue weighted by Crippen LogP contribution is 2.16. The van der Waals surface area contributed by atoms with Crippen LogP contribution in [0.15, 0.2) is 116 Å². The van der Waals surface area contributed by atoms with Crippen LogP contribution < -0.4 is 10.6 Å². The number of rotatable bonds is 18. The topological polar surface area (TPSA) is 105 Å². The largest absolute Gasteiger partial charge is 0.463 e. The van der Waals surface area contributed by atoms with Gasteiger partial charge < -0.3 is 20.5 Å². The van der Waals surface area contributed by atoms with Gasteiger partial charge in [-0.3, -0.25) is 14.4 Å². The zero-order chi connectivity index (χ0) is 30.9. The number of hydrogen-bond acceptors (Lipinski definition) is 5. The molecule has 0 aromatic heterocycles. The van der Waals surface area contributed by atoms with Crippen molar-refractivity contribution in [2.45, 2.75) is 44.2 Å². The van der Waals surface area contributed by atoms with E-state index in [1.165, 1.54) is 6.08 Å². The monoisotopic (exact) mass is 582 g/mol. The molecule has 3 N–H and O–H groups in total. The maximum atomic E-state index is 13.5. The van der Waals surface area contributed by atoms with Crippen LogP contribution in [0.25, 0.3) is 0 Å². The molecule has 43 heavy (non-hydrogen) atoms. The highest BCUT2D eigenvalue weighted by Gasteiger charge is 2.30. The Morgan fingerprint density at radius 2 is 1.12 bits per heavy atom. The van der Waals surface area contributed by atoms with Gasteiger partial charge in [-0.15, -0.1) is 13.2 Å². The molecular weight excluding hydrogens is 540 g/mol. The van der Waals surface area contributed by atoms with Crippen molar-refractivity contribution in [1.29, 1.82) is 0 Å². The fraction of sp³-hybridized carbons (Fsp3) is 0.306. The molecule has 226 valence electrons. The maximum Gasteiger partial charge on any atom is 0.309 e. The molecule has 0 bridgehead atoms. The minimum atomic E-state index is -1.07. The quantitative estimate of drug-likeness (QED) is 0.116. The number of hydrogen-bond donors (Lipinski definition) is 3. The molecule has 3 aromatic rings. The molecule has 0 aliphatic carbocycles. The van der Waals surface area contributed by atoms with Gasteiger partial charge in [0.1, 0.15) is 12.5 Å². The summed E-state index contributed by atoms with van der Waals surface area (Å²) in [6.07, 6.45) is 5.13. The van der Waals surface area contributed by atoms with E-state index in [1.54, 1.807) is 6.08 Å². The number of benzene rings is 3. The number of nitrogens with one attached hydrogen (secondary N) is 2. The Hall–Kier alpha value is -4.49. The van der Waals surface area contributed by atoms with E-state index < -0.39 is 35.7 Å². The molecule has 7 heteroatoms. The molecule has 0 radical (unpaired) electrons. The summed E-state index contributed by atoms with van der Waals surface area (Å²) in [5.74, 6) is -2.85. The van der Waals surface area contributed by atoms with E-state index in [2.05, 4.69) is 23.8 Å². The van der Waals surface area contributed by atoms with Crippen molar-refractivity contribution >= 4 is 17.8 Å². The molecule has 7 nitrogen and oxygen atoms in total. The number of ether oxygens (including phenoxy) is 1. The van der Waals surface area contributed by atoms with Gasteiger partial charge in [0, 0.05) is 0 Å². The Morgan fingerprint density at radius 1 is 0.674 bits per heavy atom. The molecule has 0 aliphatic rings. The van der Waals surface area contributed by atoms with Crippen molar-refractivity contribution in [3.63, 3.8) is 0 Å². The SMILES string of the molecule is C=CCC(C(=O)N[C@H](COC(=O)[C@@H](CC=C)Cc1ccccc1)Cc1ccccc1)C(=O)N[C@@H](CO)Cc1ccccc1. The highest BCUT2D eigenvalue weighted by atomic mass is 16.5. The highest BCUT2D eigenvalue weighted by molar-refractivity contribution is 6.00. The lowest BCUT2D eigenvalue weighted by atomic mass is 9.96. The smallest absolute Gasteiger partial charge is 0.309 e. The van der Waals surface area contributed by atoms with Gasteiger partial charge in [0.15, 0.2) is 0 Å². The normalized spacial score (nSPS) is 13.5. The molecule has 1 unspecified atom stereocenters. The van der Waals surface area contributed by atoms with Crippen molar-refractivity contribution in [2.75, 3.05) is 13.2 Å². The molecule has 0 saturated carbocycles. The molecular formula is C36H42N2O5. The third-order valence-electron chi connectivity index (χ3n) is 7.13. The third-order valence-corrected chi connectivity index (χ3v) is 7.13. The molecule has 0 heterocycles. The number of aliphatic hydroxyl groups excluding tert-OH is 1. The summed E-state index contributed by atoms with van der Waals surface area (Å²) < 4.78 is 5.76. The second kappa shape index (κ2) is 18.1. The molecule has 0 aliphatic heterocycles. The van der Waals surface area contributed by atoms with Crippen LogP contribution >= 0.6 is 0 Å². The lowest BCUT2D eigenvalue weighted by Crippen LogP contribution is -2.50. The van der Waals surface area contributed by atoms with Crippen LogP contribution in [-0.4, -0.2) is 48.2 Å². The maximum absolute atomic E-state index is 13.5. The minimum absolute atomic E-state index is 0.0579. The van der Waals surface area contributed by atoms with Crippen molar-refractivity contribution in [3.05, 3.63) is 133 Å². The Morgan fingerprint density at radius 3 is 1.58 bits per heavy atom. The van der Waals surface area contributed by atoms with Crippen LogP contribution in [0, 0.1) is 11.8 Å². The van der Waals surface area contributed by atoms with E-state index >= 15 is 0 Å². The van der Waals surface area contributed by atoms with Gasteiger partial charge in [-0.05, 0) is 48.8 Å². The summed E-state index contributed by atoms with van der Waals surface area (Å²) in [7, 11) is 0. The standard InChI is InChI=1S/C36H42N2O5/c1-3-14-30(22-27-16-8-5-9-17-27)36(42)43-26-32(24-29-20-12-7-13-21-29)38-35(41)33(15-4-2)34(40)37-31(25-39)23-28-18-10-6-11-19-28/h3-13,16-21,30-33,39H,1-2,14-15,22-26H2,(H,37,40)(H,38,41)/t30-,31+,32-,33?/m0/s1. The fourth-order valence-corrected chi connectivity index (χ4v) is 4.88. The van der Waals surface area contributed by atoms with E-state index in [0.29, 0.717) is 25.7 Å². The van der Waals surface area contributed by atoms with Crippen LogP contribution in [0.3, 0.4) is 0 Å². The Bertz CT molecular complexity index is 1300. The minimum Gasteiger partial charge on any atom is -0.463 e. The summed E-state index contributed by atoms with van der Waals surface area (Å²) in [5, 5.41) is 15.7. The van der Waals surface area contributed by atoms with Crippen molar-refractivity contribution in [1.82, 2.24) is 10.6 Å². The van der Waals surface area contributed by atoms with Gasteiger partial charge in [0.25, 0.3) is 0 Å². The first kappa shape index (κ1) is 33.0. The number of esters is 1. The van der Waals surface area contributed by atoms with Crippen molar-refractivity contribution in [2.24, 2.45) is 11.8 Å². The summed E-state index contributed by atoms with van der Waals surface area (Å²) in [6, 6.07) is 27.7. The van der Waals surface area contributed by atoms with E-state index in [-0.39, 0.29) is 25.6 Å². The average molecular weight is 583 g/mol. The second-order valence-electron chi connectivity index (χ2n) is 10.6.